The van der Waals surface area contributed by atoms with Crippen molar-refractivity contribution in [2.24, 2.45) is 0 Å². The number of rotatable bonds is 7. The highest BCUT2D eigenvalue weighted by Crippen LogP contribution is 2.24. The third-order valence-corrected chi connectivity index (χ3v) is 6.98. The first-order valence-corrected chi connectivity index (χ1v) is 11.8. The molecular weight excluding hydrogens is 416 g/mol. The molecule has 3 rings (SSSR count). The molecule has 0 unspecified atom stereocenters. The Kier molecular flexibility index (Phi) is 7.35. The van der Waals surface area contributed by atoms with E-state index in [4.69, 9.17) is 9.47 Å². The summed E-state index contributed by atoms with van der Waals surface area (Å²) in [6.45, 7) is 8.45. The van der Waals surface area contributed by atoms with Crippen LogP contribution < -0.4 is 10.1 Å². The highest BCUT2D eigenvalue weighted by molar-refractivity contribution is 7.89. The van der Waals surface area contributed by atoms with Crippen LogP contribution in [0.2, 0.25) is 0 Å². The van der Waals surface area contributed by atoms with E-state index >= 15 is 0 Å². The molecule has 168 valence electrons. The van der Waals surface area contributed by atoms with Gasteiger partial charge in [0.25, 0.3) is 5.91 Å². The van der Waals surface area contributed by atoms with Crippen molar-refractivity contribution in [3.63, 3.8) is 0 Å². The predicted octanol–water partition coefficient (Wildman–Crippen LogP) is 2.81. The van der Waals surface area contributed by atoms with Crippen molar-refractivity contribution in [3.8, 4) is 5.75 Å². The van der Waals surface area contributed by atoms with Crippen molar-refractivity contribution in [2.45, 2.75) is 31.1 Å². The topological polar surface area (TPSA) is 84.9 Å². The highest BCUT2D eigenvalue weighted by atomic mass is 32.2. The predicted molar refractivity (Wildman–Crippen MR) is 119 cm³/mol. The van der Waals surface area contributed by atoms with Gasteiger partial charge < -0.3 is 14.8 Å². The second-order valence-corrected chi connectivity index (χ2v) is 10.4. The standard InChI is InChI=1S/C23H30N2O5S/c1-23(2,3)19-7-9-20(10-8-19)30-14-11-24-22(26)18-5-4-6-21(17-18)31(27,28)25-12-15-29-16-13-25/h4-10,17H,11-16H2,1-3H3,(H,24,26). The third kappa shape index (κ3) is 6.06. The van der Waals surface area contributed by atoms with E-state index in [1.54, 1.807) is 12.1 Å². The lowest BCUT2D eigenvalue weighted by Crippen LogP contribution is -2.40. The minimum absolute atomic E-state index is 0.0797. The summed E-state index contributed by atoms with van der Waals surface area (Å²) in [6.07, 6.45) is 0. The number of nitrogens with one attached hydrogen (secondary N) is 1. The Morgan fingerprint density at radius 3 is 2.42 bits per heavy atom. The lowest BCUT2D eigenvalue weighted by Gasteiger charge is -2.26. The summed E-state index contributed by atoms with van der Waals surface area (Å²) in [7, 11) is -3.64. The van der Waals surface area contributed by atoms with E-state index in [1.165, 1.54) is 22.0 Å². The number of amides is 1. The van der Waals surface area contributed by atoms with E-state index in [-0.39, 0.29) is 16.2 Å². The molecule has 0 atom stereocenters. The Morgan fingerprint density at radius 1 is 1.10 bits per heavy atom. The van der Waals surface area contributed by atoms with E-state index in [1.807, 2.05) is 24.3 Å². The monoisotopic (exact) mass is 446 g/mol. The molecule has 0 spiro atoms. The van der Waals surface area contributed by atoms with Crippen LogP contribution in [-0.4, -0.2) is 58.1 Å². The Labute approximate surface area is 184 Å². The molecule has 31 heavy (non-hydrogen) atoms. The lowest BCUT2D eigenvalue weighted by atomic mass is 9.87. The van der Waals surface area contributed by atoms with Gasteiger partial charge in [-0.2, -0.15) is 4.31 Å². The number of hydrogen-bond donors (Lipinski definition) is 1. The van der Waals surface area contributed by atoms with Crippen molar-refractivity contribution in [1.29, 1.82) is 0 Å². The minimum atomic E-state index is -3.64. The second-order valence-electron chi connectivity index (χ2n) is 8.42. The molecule has 0 bridgehead atoms. The van der Waals surface area contributed by atoms with Gasteiger partial charge in [-0.1, -0.05) is 39.0 Å². The smallest absolute Gasteiger partial charge is 0.251 e. The summed E-state index contributed by atoms with van der Waals surface area (Å²) in [5, 5.41) is 2.77. The molecule has 1 fully saturated rings. The molecule has 0 aromatic heterocycles. The van der Waals surface area contributed by atoms with Gasteiger partial charge in [0.15, 0.2) is 0 Å². The lowest BCUT2D eigenvalue weighted by molar-refractivity contribution is 0.0730. The van der Waals surface area contributed by atoms with Gasteiger partial charge in [-0.05, 0) is 41.3 Å². The van der Waals surface area contributed by atoms with Gasteiger partial charge in [0.1, 0.15) is 12.4 Å². The molecule has 1 aliphatic heterocycles. The van der Waals surface area contributed by atoms with Crippen LogP contribution in [0.3, 0.4) is 0 Å². The van der Waals surface area contributed by atoms with Gasteiger partial charge in [-0.15, -0.1) is 0 Å². The van der Waals surface area contributed by atoms with Crippen LogP contribution in [0, 0.1) is 0 Å². The van der Waals surface area contributed by atoms with E-state index in [0.29, 0.717) is 45.0 Å². The second kappa shape index (κ2) is 9.80. The fraction of sp³-hybridized carbons (Fsp3) is 0.435. The Bertz CT molecular complexity index is 991. The number of sulfonamides is 1. The van der Waals surface area contributed by atoms with Crippen LogP contribution in [-0.2, 0) is 20.2 Å². The van der Waals surface area contributed by atoms with Crippen LogP contribution >= 0.6 is 0 Å². The summed E-state index contributed by atoms with van der Waals surface area (Å²) in [6, 6.07) is 14.0. The van der Waals surface area contributed by atoms with Crippen LogP contribution in [0.5, 0.6) is 5.75 Å². The Morgan fingerprint density at radius 2 is 1.77 bits per heavy atom. The third-order valence-electron chi connectivity index (χ3n) is 5.08. The number of carbonyl (C=O) groups is 1. The summed E-state index contributed by atoms with van der Waals surface area (Å²) in [5.74, 6) is 0.395. The number of ether oxygens (including phenoxy) is 2. The van der Waals surface area contributed by atoms with E-state index in [2.05, 4.69) is 26.1 Å². The summed E-state index contributed by atoms with van der Waals surface area (Å²) < 4.78 is 37.9. The minimum Gasteiger partial charge on any atom is -0.492 e. The summed E-state index contributed by atoms with van der Waals surface area (Å²) >= 11 is 0. The molecule has 8 heteroatoms. The number of benzene rings is 2. The SMILES string of the molecule is CC(C)(C)c1ccc(OCCNC(=O)c2cccc(S(=O)(=O)N3CCOCC3)c2)cc1. The number of morpholine rings is 1. The zero-order chi connectivity index (χ0) is 22.5. The summed E-state index contributed by atoms with van der Waals surface area (Å²) in [4.78, 5) is 12.6. The first-order valence-electron chi connectivity index (χ1n) is 10.4. The summed E-state index contributed by atoms with van der Waals surface area (Å²) in [5.41, 5.74) is 1.60. The normalized spacial score (nSPS) is 15.5. The molecule has 1 heterocycles. The zero-order valence-electron chi connectivity index (χ0n) is 18.3. The number of hydrogen-bond acceptors (Lipinski definition) is 5. The zero-order valence-corrected chi connectivity index (χ0v) is 19.1. The maximum Gasteiger partial charge on any atom is 0.251 e. The van der Waals surface area contributed by atoms with E-state index in [9.17, 15) is 13.2 Å². The molecular formula is C23H30N2O5S. The first-order chi connectivity index (χ1) is 14.7. The molecule has 1 aliphatic rings. The maximum atomic E-state index is 12.8. The molecule has 1 saturated heterocycles. The molecule has 0 radical (unpaired) electrons. The van der Waals surface area contributed by atoms with Crippen molar-refractivity contribution in [3.05, 3.63) is 59.7 Å². The number of nitrogens with zero attached hydrogens (tertiary/aromatic N) is 1. The van der Waals surface area contributed by atoms with Crippen molar-refractivity contribution < 1.29 is 22.7 Å². The van der Waals surface area contributed by atoms with E-state index < -0.39 is 10.0 Å². The molecule has 0 saturated carbocycles. The van der Waals surface area contributed by atoms with Gasteiger partial charge in [0.2, 0.25) is 10.0 Å². The molecule has 0 aliphatic carbocycles. The first kappa shape index (κ1) is 23.2. The van der Waals surface area contributed by atoms with Crippen LogP contribution in [0.4, 0.5) is 0 Å². The molecule has 7 nitrogen and oxygen atoms in total. The molecule has 1 N–H and O–H groups in total. The van der Waals surface area contributed by atoms with Gasteiger partial charge in [-0.3, -0.25) is 4.79 Å². The fourth-order valence-corrected chi connectivity index (χ4v) is 4.67. The highest BCUT2D eigenvalue weighted by Gasteiger charge is 2.26. The Hall–Kier alpha value is -2.42. The largest absolute Gasteiger partial charge is 0.492 e. The quantitative estimate of drug-likeness (QED) is 0.661. The van der Waals surface area contributed by atoms with Crippen molar-refractivity contribution in [2.75, 3.05) is 39.5 Å². The van der Waals surface area contributed by atoms with Crippen molar-refractivity contribution >= 4 is 15.9 Å². The van der Waals surface area contributed by atoms with Crippen LogP contribution in [0.25, 0.3) is 0 Å². The molecule has 2 aromatic carbocycles. The van der Waals surface area contributed by atoms with Crippen LogP contribution in [0.1, 0.15) is 36.7 Å². The maximum absolute atomic E-state index is 12.8. The fourth-order valence-electron chi connectivity index (χ4n) is 3.22. The van der Waals surface area contributed by atoms with Crippen molar-refractivity contribution in [1.82, 2.24) is 9.62 Å². The number of carbonyl (C=O) groups excluding carboxylic acids is 1. The van der Waals surface area contributed by atoms with Gasteiger partial charge in [0, 0.05) is 18.7 Å². The van der Waals surface area contributed by atoms with E-state index in [0.717, 1.165) is 5.75 Å². The average Bonchev–Trinajstić information content (AvgIpc) is 2.77. The van der Waals surface area contributed by atoms with Gasteiger partial charge in [0.05, 0.1) is 24.7 Å². The van der Waals surface area contributed by atoms with Gasteiger partial charge >= 0.3 is 0 Å². The van der Waals surface area contributed by atoms with Gasteiger partial charge in [-0.25, -0.2) is 8.42 Å². The van der Waals surface area contributed by atoms with Crippen LogP contribution in [0.15, 0.2) is 53.4 Å². The Balaban J connectivity index is 1.53. The average molecular weight is 447 g/mol. The molecule has 1 amide bonds. The molecule has 2 aromatic rings.